The zero-order valence-corrected chi connectivity index (χ0v) is 14.1. The first kappa shape index (κ1) is 16.2. The lowest BCUT2D eigenvalue weighted by Gasteiger charge is -2.19. The molecule has 1 N–H and O–H groups in total. The van der Waals surface area contributed by atoms with Crippen LogP contribution in [0.4, 0.5) is 4.39 Å². The maximum atomic E-state index is 13.5. The minimum absolute atomic E-state index is 0.159. The molecule has 21 heavy (non-hydrogen) atoms. The lowest BCUT2D eigenvalue weighted by Crippen LogP contribution is -2.23. The molecule has 0 heterocycles. The molecule has 1 atom stereocenters. The number of hydrogen-bond donors (Lipinski definition) is 1. The largest absolute Gasteiger partial charge is 0.316 e. The first-order chi connectivity index (χ1) is 10.1. The summed E-state index contributed by atoms with van der Waals surface area (Å²) < 4.78 is 14.6. The molecule has 1 nitrogen and oxygen atoms in total. The van der Waals surface area contributed by atoms with Crippen molar-refractivity contribution in [2.24, 2.45) is 0 Å². The highest BCUT2D eigenvalue weighted by Crippen LogP contribution is 2.24. The average molecular weight is 350 g/mol. The van der Waals surface area contributed by atoms with Crippen molar-refractivity contribution >= 4 is 15.9 Å². The van der Waals surface area contributed by atoms with E-state index in [2.05, 4.69) is 52.4 Å². The molecule has 0 amide bonds. The number of aryl methyl sites for hydroxylation is 1. The second-order valence-corrected chi connectivity index (χ2v) is 6.25. The van der Waals surface area contributed by atoms with Gasteiger partial charge in [0.25, 0.3) is 0 Å². The fraction of sp³-hybridized carbons (Fsp3) is 0.333. The van der Waals surface area contributed by atoms with Crippen molar-refractivity contribution in [1.82, 2.24) is 5.32 Å². The fourth-order valence-electron chi connectivity index (χ4n) is 2.49. The molecule has 0 radical (unpaired) electrons. The van der Waals surface area contributed by atoms with E-state index in [1.165, 1.54) is 11.6 Å². The van der Waals surface area contributed by atoms with Crippen LogP contribution in [0.3, 0.4) is 0 Å². The van der Waals surface area contributed by atoms with Crippen LogP contribution in [-0.2, 0) is 6.42 Å². The zero-order valence-electron chi connectivity index (χ0n) is 12.5. The standard InChI is InChI=1S/C18H21BrFN/c1-3-21-12-16(14-5-7-17(19)8-6-14)10-15-11-18(20)9-4-13(15)2/h4-9,11,16,21H,3,10,12H2,1-2H3. The summed E-state index contributed by atoms with van der Waals surface area (Å²) in [4.78, 5) is 0. The Labute approximate surface area is 134 Å². The fourth-order valence-corrected chi connectivity index (χ4v) is 2.75. The van der Waals surface area contributed by atoms with Crippen LogP contribution in [0.2, 0.25) is 0 Å². The summed E-state index contributed by atoms with van der Waals surface area (Å²) in [5, 5.41) is 3.41. The van der Waals surface area contributed by atoms with E-state index in [-0.39, 0.29) is 5.82 Å². The molecular formula is C18H21BrFN. The van der Waals surface area contributed by atoms with Gasteiger partial charge in [-0.3, -0.25) is 0 Å². The van der Waals surface area contributed by atoms with Crippen molar-refractivity contribution in [3.63, 3.8) is 0 Å². The summed E-state index contributed by atoms with van der Waals surface area (Å²) >= 11 is 3.47. The predicted octanol–water partition coefficient (Wildman–Crippen LogP) is 4.83. The molecule has 0 spiro atoms. The Morgan fingerprint density at radius 3 is 2.52 bits per heavy atom. The van der Waals surface area contributed by atoms with Crippen LogP contribution >= 0.6 is 15.9 Å². The number of rotatable bonds is 6. The maximum absolute atomic E-state index is 13.5. The van der Waals surface area contributed by atoms with Crippen molar-refractivity contribution in [3.05, 3.63) is 69.4 Å². The van der Waals surface area contributed by atoms with Gasteiger partial charge < -0.3 is 5.32 Å². The van der Waals surface area contributed by atoms with Gasteiger partial charge in [-0.1, -0.05) is 41.1 Å². The molecule has 0 saturated heterocycles. The summed E-state index contributed by atoms with van der Waals surface area (Å²) in [5.41, 5.74) is 3.51. The number of hydrogen-bond acceptors (Lipinski definition) is 1. The van der Waals surface area contributed by atoms with E-state index in [9.17, 15) is 4.39 Å². The van der Waals surface area contributed by atoms with Gasteiger partial charge in [-0.2, -0.15) is 0 Å². The molecule has 0 aliphatic rings. The number of benzene rings is 2. The van der Waals surface area contributed by atoms with Gasteiger partial charge in [0.2, 0.25) is 0 Å². The minimum Gasteiger partial charge on any atom is -0.316 e. The first-order valence-corrected chi connectivity index (χ1v) is 8.10. The predicted molar refractivity (Wildman–Crippen MR) is 90.3 cm³/mol. The van der Waals surface area contributed by atoms with Crippen molar-refractivity contribution in [3.8, 4) is 0 Å². The monoisotopic (exact) mass is 349 g/mol. The van der Waals surface area contributed by atoms with Gasteiger partial charge in [0.15, 0.2) is 0 Å². The van der Waals surface area contributed by atoms with E-state index in [1.54, 1.807) is 6.07 Å². The Morgan fingerprint density at radius 1 is 1.14 bits per heavy atom. The van der Waals surface area contributed by atoms with E-state index < -0.39 is 0 Å². The van der Waals surface area contributed by atoms with Gasteiger partial charge in [-0.15, -0.1) is 0 Å². The van der Waals surface area contributed by atoms with Crippen LogP contribution in [0.15, 0.2) is 46.9 Å². The zero-order chi connectivity index (χ0) is 15.2. The normalized spacial score (nSPS) is 12.4. The summed E-state index contributed by atoms with van der Waals surface area (Å²) in [5.74, 6) is 0.187. The third-order valence-corrected chi connectivity index (χ3v) is 4.29. The highest BCUT2D eigenvalue weighted by molar-refractivity contribution is 9.10. The van der Waals surface area contributed by atoms with Crippen LogP contribution in [0.1, 0.15) is 29.5 Å². The summed E-state index contributed by atoms with van der Waals surface area (Å²) in [6.45, 7) is 5.98. The third kappa shape index (κ3) is 4.65. The van der Waals surface area contributed by atoms with Crippen LogP contribution in [0.5, 0.6) is 0 Å². The Bertz CT molecular complexity index is 580. The van der Waals surface area contributed by atoms with Crippen LogP contribution in [0, 0.1) is 12.7 Å². The molecule has 1 unspecified atom stereocenters. The SMILES string of the molecule is CCNCC(Cc1cc(F)ccc1C)c1ccc(Br)cc1. The molecule has 0 saturated carbocycles. The van der Waals surface area contributed by atoms with Crippen molar-refractivity contribution < 1.29 is 4.39 Å². The van der Waals surface area contributed by atoms with E-state index in [0.717, 1.165) is 35.1 Å². The smallest absolute Gasteiger partial charge is 0.123 e. The molecule has 2 rings (SSSR count). The lowest BCUT2D eigenvalue weighted by atomic mass is 9.90. The van der Waals surface area contributed by atoms with E-state index >= 15 is 0 Å². The molecule has 2 aromatic carbocycles. The lowest BCUT2D eigenvalue weighted by molar-refractivity contribution is 0.587. The number of likely N-dealkylation sites (N-methyl/N-ethyl adjacent to an activating group) is 1. The van der Waals surface area contributed by atoms with E-state index in [4.69, 9.17) is 0 Å². The topological polar surface area (TPSA) is 12.0 Å². The van der Waals surface area contributed by atoms with Gasteiger partial charge in [0.05, 0.1) is 0 Å². The third-order valence-electron chi connectivity index (χ3n) is 3.76. The molecule has 0 aliphatic carbocycles. The second kappa shape index (κ2) is 7.71. The van der Waals surface area contributed by atoms with Gasteiger partial charge in [-0.25, -0.2) is 4.39 Å². The minimum atomic E-state index is -0.159. The van der Waals surface area contributed by atoms with Crippen LogP contribution in [0.25, 0.3) is 0 Å². The molecule has 2 aromatic rings. The maximum Gasteiger partial charge on any atom is 0.123 e. The Morgan fingerprint density at radius 2 is 1.86 bits per heavy atom. The Balaban J connectivity index is 2.23. The van der Waals surface area contributed by atoms with Gasteiger partial charge >= 0.3 is 0 Å². The Hall–Kier alpha value is -1.19. The molecule has 0 bridgehead atoms. The molecular weight excluding hydrogens is 329 g/mol. The van der Waals surface area contributed by atoms with Crippen LogP contribution < -0.4 is 5.32 Å². The summed E-state index contributed by atoms with van der Waals surface area (Å²) in [6.07, 6.45) is 0.845. The summed E-state index contributed by atoms with van der Waals surface area (Å²) in [7, 11) is 0. The molecule has 3 heteroatoms. The van der Waals surface area contributed by atoms with Crippen molar-refractivity contribution in [2.45, 2.75) is 26.2 Å². The molecule has 112 valence electrons. The van der Waals surface area contributed by atoms with Crippen LogP contribution in [-0.4, -0.2) is 13.1 Å². The van der Waals surface area contributed by atoms with Gasteiger partial charge in [0.1, 0.15) is 5.82 Å². The number of halogens is 2. The average Bonchev–Trinajstić information content (AvgIpc) is 2.48. The first-order valence-electron chi connectivity index (χ1n) is 7.31. The molecule has 0 fully saturated rings. The highest BCUT2D eigenvalue weighted by Gasteiger charge is 2.14. The van der Waals surface area contributed by atoms with Gasteiger partial charge in [-0.05, 0) is 60.8 Å². The quantitative estimate of drug-likeness (QED) is 0.787. The van der Waals surface area contributed by atoms with E-state index in [0.29, 0.717) is 5.92 Å². The van der Waals surface area contributed by atoms with Gasteiger partial charge in [0, 0.05) is 16.9 Å². The highest BCUT2D eigenvalue weighted by atomic mass is 79.9. The molecule has 0 aliphatic heterocycles. The second-order valence-electron chi connectivity index (χ2n) is 5.33. The van der Waals surface area contributed by atoms with E-state index in [1.807, 2.05) is 13.0 Å². The molecule has 0 aromatic heterocycles. The summed E-state index contributed by atoms with van der Waals surface area (Å²) in [6, 6.07) is 13.4. The van der Waals surface area contributed by atoms with Crippen molar-refractivity contribution in [1.29, 1.82) is 0 Å². The van der Waals surface area contributed by atoms with Crippen molar-refractivity contribution in [2.75, 3.05) is 13.1 Å². The Kier molecular flexibility index (Phi) is 5.95. The number of nitrogens with one attached hydrogen (secondary N) is 1.